The van der Waals surface area contributed by atoms with E-state index in [1.807, 2.05) is 0 Å². The molecule has 1 aliphatic carbocycles. The van der Waals surface area contributed by atoms with Crippen LogP contribution in [0.1, 0.15) is 41.5 Å². The van der Waals surface area contributed by atoms with E-state index in [1.54, 1.807) is 0 Å². The molecule has 3 rings (SSSR count). The van der Waals surface area contributed by atoms with Crippen molar-refractivity contribution in [3.63, 3.8) is 0 Å². The number of hydrogen-bond acceptors (Lipinski definition) is 6. The predicted octanol–water partition coefficient (Wildman–Crippen LogP) is 2.82. The molecule has 0 saturated carbocycles. The maximum atomic E-state index is 10.4. The van der Waals surface area contributed by atoms with Crippen LogP contribution in [0, 0.1) is 0 Å². The van der Waals surface area contributed by atoms with Crippen LogP contribution in [0.3, 0.4) is 0 Å². The average molecular weight is 473 g/mol. The second kappa shape index (κ2) is 17.2. The molecule has 2 aromatic carbocycles. The van der Waals surface area contributed by atoms with E-state index in [1.165, 1.54) is 35.1 Å². The fourth-order valence-corrected chi connectivity index (χ4v) is 3.82. The van der Waals surface area contributed by atoms with Gasteiger partial charge in [-0.15, -0.1) is 0 Å². The van der Waals surface area contributed by atoms with E-state index >= 15 is 0 Å². The standard InChI is InChI=1S/C16H16.C11H24N2O5/c1-12-15-8-4-2-6-13(15)10-11-14-7-3-5-9-16(12)14;12-2-4-16-6-8-18-10-9-17-7-5-15-3-1-11(13)14/h2-9,12H,10-11H2,1H3;1-10,12H2,(H2,13,14). The quantitative estimate of drug-likeness (QED) is 0.410. The van der Waals surface area contributed by atoms with Gasteiger partial charge < -0.3 is 30.4 Å². The summed E-state index contributed by atoms with van der Waals surface area (Å²) >= 11 is 0. The normalized spacial score (nSPS) is 12.8. The highest BCUT2D eigenvalue weighted by Crippen LogP contribution is 2.33. The average Bonchev–Trinajstić information content (AvgIpc) is 2.99. The van der Waals surface area contributed by atoms with Gasteiger partial charge in [-0.3, -0.25) is 4.79 Å². The van der Waals surface area contributed by atoms with Crippen molar-refractivity contribution < 1.29 is 23.7 Å². The first-order valence-corrected chi connectivity index (χ1v) is 12.1. The summed E-state index contributed by atoms with van der Waals surface area (Å²) in [7, 11) is 0. The SMILES string of the molecule is CC1c2ccccc2CCc2ccccc21.NCCOCCOCCOCCOCCC(N)=O. The monoisotopic (exact) mass is 472 g/mol. The molecule has 4 N–H and O–H groups in total. The van der Waals surface area contributed by atoms with Gasteiger partial charge in [0.2, 0.25) is 5.91 Å². The van der Waals surface area contributed by atoms with E-state index in [0.29, 0.717) is 65.3 Å². The summed E-state index contributed by atoms with van der Waals surface area (Å²) in [5, 5.41) is 0. The van der Waals surface area contributed by atoms with E-state index in [9.17, 15) is 4.79 Å². The number of carbonyl (C=O) groups is 1. The number of benzene rings is 2. The maximum absolute atomic E-state index is 10.4. The lowest BCUT2D eigenvalue weighted by molar-refractivity contribution is -0.119. The molecule has 0 heterocycles. The highest BCUT2D eigenvalue weighted by molar-refractivity contribution is 5.73. The molecule has 0 unspecified atom stereocenters. The maximum Gasteiger partial charge on any atom is 0.219 e. The minimum Gasteiger partial charge on any atom is -0.379 e. The zero-order valence-corrected chi connectivity index (χ0v) is 20.4. The van der Waals surface area contributed by atoms with Gasteiger partial charge in [0.25, 0.3) is 0 Å². The number of fused-ring (bicyclic) bond motifs is 2. The predicted molar refractivity (Wildman–Crippen MR) is 134 cm³/mol. The van der Waals surface area contributed by atoms with Crippen LogP contribution in [0.2, 0.25) is 0 Å². The highest BCUT2D eigenvalue weighted by Gasteiger charge is 2.18. The number of primary amides is 1. The van der Waals surface area contributed by atoms with E-state index < -0.39 is 0 Å². The molecule has 0 fully saturated rings. The minimum absolute atomic E-state index is 0.242. The summed E-state index contributed by atoms with van der Waals surface area (Å²) in [5.41, 5.74) is 16.3. The second-order valence-electron chi connectivity index (χ2n) is 8.07. The Morgan fingerprint density at radius 1 is 0.735 bits per heavy atom. The van der Waals surface area contributed by atoms with Crippen molar-refractivity contribution in [1.82, 2.24) is 0 Å². The molecule has 7 nitrogen and oxygen atoms in total. The third-order valence-electron chi connectivity index (χ3n) is 5.58. The van der Waals surface area contributed by atoms with E-state index in [0.717, 1.165) is 0 Å². The van der Waals surface area contributed by atoms with Crippen LogP contribution in [0.15, 0.2) is 48.5 Å². The molecule has 0 aliphatic heterocycles. The summed E-state index contributed by atoms with van der Waals surface area (Å²) in [6.07, 6.45) is 2.60. The molecule has 188 valence electrons. The van der Waals surface area contributed by atoms with Crippen molar-refractivity contribution in [3.05, 3.63) is 70.8 Å². The van der Waals surface area contributed by atoms with Crippen LogP contribution in [-0.2, 0) is 36.6 Å². The molecular formula is C27H40N2O5. The zero-order chi connectivity index (χ0) is 24.4. The largest absolute Gasteiger partial charge is 0.379 e. The summed E-state index contributed by atoms with van der Waals surface area (Å²) in [4.78, 5) is 10.4. The lowest BCUT2D eigenvalue weighted by Crippen LogP contribution is -2.16. The fraction of sp³-hybridized carbons (Fsp3) is 0.519. The third-order valence-corrected chi connectivity index (χ3v) is 5.58. The molecule has 0 saturated heterocycles. The number of carbonyl (C=O) groups excluding carboxylic acids is 1. The highest BCUT2D eigenvalue weighted by atomic mass is 16.6. The molecule has 0 aromatic heterocycles. The topological polar surface area (TPSA) is 106 Å². The summed E-state index contributed by atoms with van der Waals surface area (Å²) in [6.45, 7) is 6.80. The molecule has 1 aliphatic rings. The van der Waals surface area contributed by atoms with Crippen LogP contribution in [0.25, 0.3) is 0 Å². The zero-order valence-electron chi connectivity index (χ0n) is 20.4. The fourth-order valence-electron chi connectivity index (χ4n) is 3.82. The van der Waals surface area contributed by atoms with Gasteiger partial charge in [-0.2, -0.15) is 0 Å². The smallest absolute Gasteiger partial charge is 0.219 e. The Morgan fingerprint density at radius 3 is 1.59 bits per heavy atom. The van der Waals surface area contributed by atoms with Crippen molar-refractivity contribution in [2.24, 2.45) is 11.5 Å². The van der Waals surface area contributed by atoms with E-state index in [4.69, 9.17) is 30.4 Å². The molecule has 34 heavy (non-hydrogen) atoms. The van der Waals surface area contributed by atoms with Gasteiger partial charge in [0.15, 0.2) is 0 Å². The van der Waals surface area contributed by atoms with Crippen molar-refractivity contribution in [2.75, 3.05) is 59.4 Å². The summed E-state index contributed by atoms with van der Waals surface area (Å²) in [6, 6.07) is 17.7. The minimum atomic E-state index is -0.360. The number of ether oxygens (including phenoxy) is 4. The Balaban J connectivity index is 0.000000241. The number of amides is 1. The van der Waals surface area contributed by atoms with Gasteiger partial charge in [-0.25, -0.2) is 0 Å². The van der Waals surface area contributed by atoms with Crippen molar-refractivity contribution in [3.8, 4) is 0 Å². The number of aryl methyl sites for hydroxylation is 2. The molecule has 0 atom stereocenters. The van der Waals surface area contributed by atoms with Gasteiger partial charge >= 0.3 is 0 Å². The molecule has 1 amide bonds. The first-order chi connectivity index (χ1) is 16.6. The van der Waals surface area contributed by atoms with Gasteiger partial charge in [0.05, 0.1) is 52.9 Å². The van der Waals surface area contributed by atoms with Crippen LogP contribution >= 0.6 is 0 Å². The second-order valence-corrected chi connectivity index (χ2v) is 8.07. The van der Waals surface area contributed by atoms with Crippen molar-refractivity contribution in [2.45, 2.75) is 32.1 Å². The lowest BCUT2D eigenvalue weighted by Gasteiger charge is -2.14. The van der Waals surface area contributed by atoms with Crippen molar-refractivity contribution in [1.29, 1.82) is 0 Å². The molecule has 0 radical (unpaired) electrons. The Labute approximate surface area is 203 Å². The Morgan fingerprint density at radius 2 is 1.15 bits per heavy atom. The number of nitrogens with two attached hydrogens (primary N) is 2. The Bertz CT molecular complexity index is 783. The van der Waals surface area contributed by atoms with Crippen LogP contribution in [0.5, 0.6) is 0 Å². The first kappa shape index (κ1) is 28.0. The van der Waals surface area contributed by atoms with Gasteiger partial charge in [0, 0.05) is 18.9 Å². The molecule has 0 spiro atoms. The molecular weight excluding hydrogens is 432 g/mol. The summed E-state index contributed by atoms with van der Waals surface area (Å²) < 4.78 is 20.7. The lowest BCUT2D eigenvalue weighted by atomic mass is 9.90. The van der Waals surface area contributed by atoms with Crippen molar-refractivity contribution >= 4 is 5.91 Å². The Kier molecular flexibility index (Phi) is 14.1. The van der Waals surface area contributed by atoms with Gasteiger partial charge in [-0.05, 0) is 35.1 Å². The molecule has 7 heteroatoms. The Hall–Kier alpha value is -2.29. The van der Waals surface area contributed by atoms with Crippen LogP contribution in [-0.4, -0.2) is 65.3 Å². The number of hydrogen-bond donors (Lipinski definition) is 2. The molecule has 2 aromatic rings. The summed E-state index contributed by atoms with van der Waals surface area (Å²) in [5.74, 6) is 0.177. The van der Waals surface area contributed by atoms with Crippen LogP contribution in [0.4, 0.5) is 0 Å². The van der Waals surface area contributed by atoms with Gasteiger partial charge in [0.1, 0.15) is 0 Å². The van der Waals surface area contributed by atoms with E-state index in [-0.39, 0.29) is 12.3 Å². The van der Waals surface area contributed by atoms with E-state index in [2.05, 4.69) is 55.5 Å². The molecule has 0 bridgehead atoms. The number of rotatable bonds is 14. The third kappa shape index (κ3) is 10.8. The van der Waals surface area contributed by atoms with Crippen LogP contribution < -0.4 is 11.5 Å². The first-order valence-electron chi connectivity index (χ1n) is 12.1. The van der Waals surface area contributed by atoms with Gasteiger partial charge in [-0.1, -0.05) is 55.5 Å².